The lowest BCUT2D eigenvalue weighted by molar-refractivity contribution is -0.415. The Kier molecular flexibility index (Phi) is 6.74. The molecule has 0 saturated heterocycles. The van der Waals surface area contributed by atoms with Crippen LogP contribution in [0.15, 0.2) is 0 Å². The van der Waals surface area contributed by atoms with E-state index < -0.39 is 12.2 Å². The van der Waals surface area contributed by atoms with Crippen LogP contribution in [0.4, 0.5) is 9.59 Å². The fourth-order valence-corrected chi connectivity index (χ4v) is 0. The molecule has 0 heterocycles. The summed E-state index contributed by atoms with van der Waals surface area (Å²) in [4.78, 5) is 17.3. The molecule has 0 rings (SSSR count). The van der Waals surface area contributed by atoms with Crippen LogP contribution >= 0.6 is 0 Å². The lowest BCUT2D eigenvalue weighted by atomic mass is 11.2. The summed E-state index contributed by atoms with van der Waals surface area (Å²) in [5.41, 5.74) is 8.50. The van der Waals surface area contributed by atoms with Gasteiger partial charge in [-0.25, -0.2) is 4.79 Å². The van der Waals surface area contributed by atoms with Gasteiger partial charge in [-0.2, -0.15) is 0 Å². The Morgan fingerprint density at radius 2 is 1.12 bits per heavy atom. The third-order valence-electron chi connectivity index (χ3n) is 0. The molecule has 0 aromatic carbocycles. The standard InChI is InChI=1S/CH4N2O.CH2O3/c2*2-1(3)4/h(H4,2,3,4);(H2,2,3,4)/p-2. The smallest absolute Gasteiger partial charge is 0.309 e. The maximum atomic E-state index is 9.00. The second kappa shape index (κ2) is 5.54. The molecule has 0 fully saturated rings. The summed E-state index contributed by atoms with van der Waals surface area (Å²) in [5.74, 6) is 0. The normalized spacial score (nSPS) is 6.00. The number of hydrogen-bond acceptors (Lipinski definition) is 4. The van der Waals surface area contributed by atoms with Crippen LogP contribution in [0, 0.1) is 0 Å². The predicted octanol–water partition coefficient (Wildman–Crippen LogP) is -3.42. The highest BCUT2D eigenvalue weighted by atomic mass is 16.6. The van der Waals surface area contributed by atoms with E-state index in [1.54, 1.807) is 0 Å². The van der Waals surface area contributed by atoms with Crippen molar-refractivity contribution in [2.75, 3.05) is 0 Å². The van der Waals surface area contributed by atoms with Crippen LogP contribution in [0.25, 0.3) is 0 Å². The first kappa shape index (κ1) is 9.74. The molecule has 0 aromatic heterocycles. The van der Waals surface area contributed by atoms with E-state index in [-0.39, 0.29) is 0 Å². The number of rotatable bonds is 0. The van der Waals surface area contributed by atoms with Gasteiger partial charge in [0.1, 0.15) is 0 Å². The van der Waals surface area contributed by atoms with Crippen LogP contribution in [0.2, 0.25) is 0 Å². The van der Waals surface area contributed by atoms with Gasteiger partial charge in [-0.05, 0) is 6.16 Å². The second-order valence-electron chi connectivity index (χ2n) is 0.652. The van der Waals surface area contributed by atoms with Crippen LogP contribution in [-0.4, -0.2) is 12.2 Å². The van der Waals surface area contributed by atoms with Crippen molar-refractivity contribution in [2.45, 2.75) is 0 Å². The number of carboxylic acid groups (broad SMARTS) is 2. The Labute approximate surface area is 44.7 Å². The molecule has 0 spiro atoms. The van der Waals surface area contributed by atoms with Crippen molar-refractivity contribution in [3.63, 3.8) is 0 Å². The molecule has 0 aliphatic heterocycles. The van der Waals surface area contributed by atoms with Gasteiger partial charge in [-0.1, -0.05) is 0 Å². The Hall–Kier alpha value is -1.46. The minimum atomic E-state index is -2.33. The van der Waals surface area contributed by atoms with Gasteiger partial charge in [-0.15, -0.1) is 0 Å². The molecule has 0 aliphatic carbocycles. The van der Waals surface area contributed by atoms with E-state index in [1.807, 2.05) is 0 Å². The average molecular weight is 120 g/mol. The van der Waals surface area contributed by atoms with Crippen LogP contribution in [0.1, 0.15) is 0 Å². The summed E-state index contributed by atoms with van der Waals surface area (Å²) in [6, 6.07) is -0.833. The number of hydrogen-bond donors (Lipinski definition) is 2. The summed E-state index contributed by atoms with van der Waals surface area (Å²) < 4.78 is 0. The topological polar surface area (TPSA) is 132 Å². The fourth-order valence-electron chi connectivity index (χ4n) is 0. The first-order valence-corrected chi connectivity index (χ1v) is 1.39. The van der Waals surface area contributed by atoms with Gasteiger partial charge >= 0.3 is 6.03 Å². The lowest BCUT2D eigenvalue weighted by Gasteiger charge is -1.96. The first-order chi connectivity index (χ1) is 3.46. The molecule has 8 heavy (non-hydrogen) atoms. The fraction of sp³-hybridized carbons (Fsp3) is 0. The molecule has 4 N–H and O–H groups in total. The number of carbonyl (C=O) groups excluding carboxylic acids is 2. The number of carbonyl (C=O) groups is 2. The molecule has 0 unspecified atom stereocenters. The van der Waals surface area contributed by atoms with E-state index in [0.29, 0.717) is 0 Å². The van der Waals surface area contributed by atoms with Crippen LogP contribution in [-0.2, 0) is 0 Å². The summed E-state index contributed by atoms with van der Waals surface area (Å²) in [6.45, 7) is 0. The molecular formula is C2H4N2O4-2. The molecule has 2 amide bonds. The molecule has 0 atom stereocenters. The highest BCUT2D eigenvalue weighted by molar-refractivity contribution is 5.69. The lowest BCUT2D eigenvalue weighted by Crippen LogP contribution is -2.37. The average Bonchev–Trinajstić information content (AvgIpc) is 1.25. The van der Waals surface area contributed by atoms with Gasteiger partial charge in [0.2, 0.25) is 0 Å². The van der Waals surface area contributed by atoms with Gasteiger partial charge in [0, 0.05) is 0 Å². The van der Waals surface area contributed by atoms with Crippen molar-refractivity contribution < 1.29 is 19.8 Å². The SMILES string of the molecule is NC(N)=O.O=C([O-])[O-]. The first-order valence-electron chi connectivity index (χ1n) is 1.39. The van der Waals surface area contributed by atoms with E-state index in [0.717, 1.165) is 0 Å². The van der Waals surface area contributed by atoms with Gasteiger partial charge in [0.15, 0.2) is 0 Å². The Balaban J connectivity index is 0. The molecule has 0 bridgehead atoms. The van der Waals surface area contributed by atoms with E-state index in [1.165, 1.54) is 0 Å². The Bertz CT molecular complexity index is 70.0. The Morgan fingerprint density at radius 3 is 1.12 bits per heavy atom. The molecule has 6 heteroatoms. The maximum Gasteiger partial charge on any atom is 0.309 e. The number of primary amides is 2. The van der Waals surface area contributed by atoms with Gasteiger partial charge < -0.3 is 26.5 Å². The van der Waals surface area contributed by atoms with Gasteiger partial charge in [0.05, 0.1) is 0 Å². The van der Waals surface area contributed by atoms with E-state index in [9.17, 15) is 0 Å². The highest BCUT2D eigenvalue weighted by Crippen LogP contribution is 1.25. The maximum absolute atomic E-state index is 9.00. The molecule has 0 radical (unpaired) electrons. The predicted molar refractivity (Wildman–Crippen MR) is 19.2 cm³/mol. The quantitative estimate of drug-likeness (QED) is 0.344. The van der Waals surface area contributed by atoms with Crippen LogP contribution < -0.4 is 21.7 Å². The Morgan fingerprint density at radius 1 is 1.12 bits per heavy atom. The molecule has 0 aliphatic rings. The molecule has 48 valence electrons. The molecule has 0 aromatic rings. The summed E-state index contributed by atoms with van der Waals surface area (Å²) >= 11 is 0. The molecular weight excluding hydrogens is 116 g/mol. The molecule has 6 nitrogen and oxygen atoms in total. The third-order valence-corrected chi connectivity index (χ3v) is 0. The van der Waals surface area contributed by atoms with Crippen molar-refractivity contribution in [3.05, 3.63) is 0 Å². The summed E-state index contributed by atoms with van der Waals surface area (Å²) in [6.07, 6.45) is -2.33. The minimum Gasteiger partial charge on any atom is -0.652 e. The van der Waals surface area contributed by atoms with E-state index >= 15 is 0 Å². The third kappa shape index (κ3) is 26.7. The molecule has 0 saturated carbocycles. The summed E-state index contributed by atoms with van der Waals surface area (Å²) in [7, 11) is 0. The van der Waals surface area contributed by atoms with Crippen LogP contribution in [0.5, 0.6) is 0 Å². The van der Waals surface area contributed by atoms with Crippen molar-refractivity contribution in [1.82, 2.24) is 0 Å². The summed E-state index contributed by atoms with van der Waals surface area (Å²) in [5, 5.41) is 16.7. The zero-order chi connectivity index (χ0) is 7.15. The van der Waals surface area contributed by atoms with Crippen molar-refractivity contribution in [2.24, 2.45) is 11.5 Å². The zero-order valence-corrected chi connectivity index (χ0v) is 3.79. The van der Waals surface area contributed by atoms with Crippen LogP contribution in [0.3, 0.4) is 0 Å². The zero-order valence-electron chi connectivity index (χ0n) is 3.79. The van der Waals surface area contributed by atoms with Crippen molar-refractivity contribution in [1.29, 1.82) is 0 Å². The monoisotopic (exact) mass is 120 g/mol. The second-order valence-corrected chi connectivity index (χ2v) is 0.652. The largest absolute Gasteiger partial charge is 0.652 e. The number of urea groups is 1. The van der Waals surface area contributed by atoms with Crippen molar-refractivity contribution >= 4 is 12.2 Å². The number of nitrogens with two attached hydrogens (primary N) is 2. The number of amides is 2. The van der Waals surface area contributed by atoms with E-state index in [2.05, 4.69) is 11.5 Å². The van der Waals surface area contributed by atoms with Gasteiger partial charge in [0.25, 0.3) is 0 Å². The van der Waals surface area contributed by atoms with E-state index in [4.69, 9.17) is 19.8 Å². The van der Waals surface area contributed by atoms with Gasteiger partial charge in [-0.3, -0.25) is 0 Å². The highest BCUT2D eigenvalue weighted by Gasteiger charge is 1.60. The minimum absolute atomic E-state index is 0.833. The van der Waals surface area contributed by atoms with Crippen molar-refractivity contribution in [3.8, 4) is 0 Å².